The van der Waals surface area contributed by atoms with Crippen molar-refractivity contribution in [1.29, 1.82) is 0 Å². The highest BCUT2D eigenvalue weighted by Crippen LogP contribution is 2.06. The van der Waals surface area contributed by atoms with Crippen LogP contribution in [0.5, 0.6) is 0 Å². The summed E-state index contributed by atoms with van der Waals surface area (Å²) in [5.41, 5.74) is 0. The van der Waals surface area contributed by atoms with Crippen LogP contribution in [0.3, 0.4) is 0 Å². The Kier molecular flexibility index (Phi) is 3.01. The van der Waals surface area contributed by atoms with Gasteiger partial charge in [0.1, 0.15) is 5.82 Å². The van der Waals surface area contributed by atoms with E-state index in [-0.39, 0.29) is 0 Å². The van der Waals surface area contributed by atoms with Gasteiger partial charge in [0, 0.05) is 0 Å². The summed E-state index contributed by atoms with van der Waals surface area (Å²) in [7, 11) is -1.19. The molecule has 0 aliphatic rings. The third-order valence-corrected chi connectivity index (χ3v) is 1.30. The highest BCUT2D eigenvalue weighted by Gasteiger charge is 1.72. The molecule has 1 unspecified atom stereocenters. The highest BCUT2D eigenvalue weighted by molar-refractivity contribution is 7.53. The maximum absolute atomic E-state index is 10.2. The Balaban J connectivity index is 3.50. The first-order valence-corrected chi connectivity index (χ1v) is 3.08. The van der Waals surface area contributed by atoms with Crippen molar-refractivity contribution < 1.29 is 4.89 Å². The molecule has 0 fully saturated rings. The van der Waals surface area contributed by atoms with Crippen LogP contribution in [0.2, 0.25) is 0 Å². The van der Waals surface area contributed by atoms with E-state index in [4.69, 9.17) is 0 Å². The van der Waals surface area contributed by atoms with Gasteiger partial charge in [-0.25, -0.2) is 0 Å². The molecule has 0 aromatic rings. The minimum Gasteiger partial charge on any atom is -0.627 e. The second kappa shape index (κ2) is 3.08. The smallest absolute Gasteiger partial charge is 0.101 e. The molecule has 0 amide bonds. The van der Waals surface area contributed by atoms with Gasteiger partial charge in [-0.3, -0.25) is 0 Å². The van der Waals surface area contributed by atoms with Gasteiger partial charge in [-0.2, -0.15) is 0 Å². The lowest BCUT2D eigenvalue weighted by atomic mass is 11.0. The van der Waals surface area contributed by atoms with E-state index in [1.54, 1.807) is 12.7 Å². The number of hydrogen-bond donors (Lipinski definition) is 0. The lowest BCUT2D eigenvalue weighted by molar-refractivity contribution is -0.150. The standard InChI is InChI=1S/C4H7OP/c1-3-6(5)4-2/h3-4H,1H2,2H3. The van der Waals surface area contributed by atoms with Crippen molar-refractivity contribution in [3.8, 4) is 0 Å². The fourth-order valence-electron chi connectivity index (χ4n) is 0.105. The minimum absolute atomic E-state index is 1.19. The normalized spacial score (nSPS) is 11.3. The number of hydrogen-bond acceptors (Lipinski definition) is 1. The third-order valence-electron chi connectivity index (χ3n) is 0.434. The van der Waals surface area contributed by atoms with Gasteiger partial charge >= 0.3 is 0 Å². The summed E-state index contributed by atoms with van der Waals surface area (Å²) < 4.78 is 0. The first kappa shape index (κ1) is 5.87. The zero-order chi connectivity index (χ0) is 4.99. The van der Waals surface area contributed by atoms with E-state index in [9.17, 15) is 4.89 Å². The third kappa shape index (κ3) is 2.13. The van der Waals surface area contributed by atoms with Crippen molar-refractivity contribution in [3.05, 3.63) is 12.4 Å². The minimum atomic E-state index is -1.19. The first-order chi connectivity index (χ1) is 2.81. The van der Waals surface area contributed by atoms with Gasteiger partial charge in [-0.1, -0.05) is 6.58 Å². The molecule has 0 N–H and O–H groups in total. The van der Waals surface area contributed by atoms with E-state index < -0.39 is 7.77 Å². The molecule has 34 valence electrons. The monoisotopic (exact) mass is 102 g/mol. The van der Waals surface area contributed by atoms with Crippen LogP contribution in [0.15, 0.2) is 12.4 Å². The van der Waals surface area contributed by atoms with E-state index >= 15 is 0 Å². The molecule has 1 nitrogen and oxygen atoms in total. The Bertz CT molecular complexity index is 75.6. The van der Waals surface area contributed by atoms with Crippen LogP contribution >= 0.6 is 7.77 Å². The van der Waals surface area contributed by atoms with E-state index in [2.05, 4.69) is 6.58 Å². The molecular weight excluding hydrogens is 95.0 g/mol. The largest absolute Gasteiger partial charge is 0.627 e. The lowest BCUT2D eigenvalue weighted by Gasteiger charge is -1.79. The van der Waals surface area contributed by atoms with E-state index in [0.717, 1.165) is 0 Å². The maximum atomic E-state index is 10.2. The summed E-state index contributed by atoms with van der Waals surface area (Å²) in [5, 5.41) is 0. The van der Waals surface area contributed by atoms with Crippen molar-refractivity contribution in [2.75, 3.05) is 0 Å². The molecule has 0 aliphatic heterocycles. The second-order valence-corrected chi connectivity index (χ2v) is 2.40. The van der Waals surface area contributed by atoms with Crippen LogP contribution in [0.25, 0.3) is 0 Å². The highest BCUT2D eigenvalue weighted by atomic mass is 31.1. The molecule has 0 radical (unpaired) electrons. The fourth-order valence-corrected chi connectivity index (χ4v) is 0.316. The molecule has 1 atom stereocenters. The number of rotatable bonds is 1. The first-order valence-electron chi connectivity index (χ1n) is 1.68. The zero-order valence-electron chi connectivity index (χ0n) is 3.72. The maximum Gasteiger partial charge on any atom is 0.101 e. The Labute approximate surface area is 38.8 Å². The average Bonchev–Trinajstić information content (AvgIpc) is 1.65. The second-order valence-electron chi connectivity index (χ2n) is 0.801. The Morgan fingerprint density at radius 1 is 1.83 bits per heavy atom. The quantitative estimate of drug-likeness (QED) is 0.447. The van der Waals surface area contributed by atoms with Gasteiger partial charge in [0.2, 0.25) is 0 Å². The molecule has 0 aromatic carbocycles. The van der Waals surface area contributed by atoms with Gasteiger partial charge < -0.3 is 4.89 Å². The summed E-state index contributed by atoms with van der Waals surface area (Å²) in [6.45, 7) is 5.07. The van der Waals surface area contributed by atoms with Crippen molar-refractivity contribution >= 4 is 13.6 Å². The summed E-state index contributed by atoms with van der Waals surface area (Å²) in [4.78, 5) is 10.2. The molecule has 2 heteroatoms. The molecule has 0 aliphatic carbocycles. The molecule has 0 saturated heterocycles. The van der Waals surface area contributed by atoms with Crippen molar-refractivity contribution in [3.63, 3.8) is 0 Å². The fraction of sp³-hybridized carbons (Fsp3) is 0.250. The summed E-state index contributed by atoms with van der Waals surface area (Å²) in [5.74, 6) is 3.04. The van der Waals surface area contributed by atoms with Crippen LogP contribution in [-0.4, -0.2) is 5.80 Å². The van der Waals surface area contributed by atoms with Crippen molar-refractivity contribution in [2.45, 2.75) is 6.92 Å². The molecule has 0 spiro atoms. The van der Waals surface area contributed by atoms with Crippen LogP contribution in [0.4, 0.5) is 0 Å². The van der Waals surface area contributed by atoms with Gasteiger partial charge in [-0.15, -0.1) is 0 Å². The predicted octanol–water partition coefficient (Wildman–Crippen LogP) is 0.709. The van der Waals surface area contributed by atoms with Crippen molar-refractivity contribution in [2.24, 2.45) is 0 Å². The molecule has 6 heavy (non-hydrogen) atoms. The Morgan fingerprint density at radius 2 is 2.33 bits per heavy atom. The van der Waals surface area contributed by atoms with Gasteiger partial charge in [0.05, 0.1) is 13.6 Å². The molecule has 0 aromatic heterocycles. The van der Waals surface area contributed by atoms with E-state index in [0.29, 0.717) is 0 Å². The van der Waals surface area contributed by atoms with Gasteiger partial charge in [-0.05, 0) is 6.92 Å². The molecular formula is C4H7OP. The average molecular weight is 102 g/mol. The zero-order valence-corrected chi connectivity index (χ0v) is 4.61. The molecule has 0 bridgehead atoms. The molecule has 0 saturated carbocycles. The predicted molar refractivity (Wildman–Crippen MR) is 28.9 cm³/mol. The lowest BCUT2D eigenvalue weighted by Crippen LogP contribution is -1.81. The molecule has 0 heterocycles. The summed E-state index contributed by atoms with van der Waals surface area (Å²) in [6.07, 6.45) is 0. The van der Waals surface area contributed by atoms with Crippen molar-refractivity contribution in [1.82, 2.24) is 0 Å². The topological polar surface area (TPSA) is 23.1 Å². The summed E-state index contributed by atoms with van der Waals surface area (Å²) >= 11 is 0. The summed E-state index contributed by atoms with van der Waals surface area (Å²) in [6, 6.07) is 0. The SMILES string of the molecule is C=C[P+]([O-])=CC. The Morgan fingerprint density at radius 3 is 2.33 bits per heavy atom. The molecule has 0 rings (SSSR count). The van der Waals surface area contributed by atoms with E-state index in [1.165, 1.54) is 5.82 Å². The van der Waals surface area contributed by atoms with Crippen LogP contribution < -0.4 is 4.89 Å². The Hall–Kier alpha value is -0.130. The van der Waals surface area contributed by atoms with Crippen LogP contribution in [0.1, 0.15) is 6.92 Å². The van der Waals surface area contributed by atoms with E-state index in [1.807, 2.05) is 0 Å². The van der Waals surface area contributed by atoms with Gasteiger partial charge in [0.15, 0.2) is 0 Å². The van der Waals surface area contributed by atoms with Crippen LogP contribution in [0, 0.1) is 0 Å². The van der Waals surface area contributed by atoms with Crippen LogP contribution in [-0.2, 0) is 0 Å². The van der Waals surface area contributed by atoms with Gasteiger partial charge in [0.25, 0.3) is 0 Å².